The summed E-state index contributed by atoms with van der Waals surface area (Å²) in [7, 11) is 0. The predicted octanol–water partition coefficient (Wildman–Crippen LogP) is 2.91. The molecule has 0 radical (unpaired) electrons. The molecule has 0 aliphatic carbocycles. The summed E-state index contributed by atoms with van der Waals surface area (Å²) in [6.45, 7) is 3.00. The molecular formula is C19H19N3O5. The lowest BCUT2D eigenvalue weighted by Crippen LogP contribution is -2.27. The molecule has 1 aliphatic heterocycles. The molecular weight excluding hydrogens is 350 g/mol. The molecule has 3 heterocycles. The van der Waals surface area contributed by atoms with Gasteiger partial charge in [-0.1, -0.05) is 11.2 Å². The summed E-state index contributed by atoms with van der Waals surface area (Å²) in [5.41, 5.74) is 0.950. The number of aromatic nitrogens is 2. The highest BCUT2D eigenvalue weighted by molar-refractivity contribution is 5.76. The first-order chi connectivity index (χ1) is 13.2. The predicted molar refractivity (Wildman–Crippen MR) is 94.3 cm³/mol. The average molecular weight is 369 g/mol. The van der Waals surface area contributed by atoms with Gasteiger partial charge in [0, 0.05) is 12.8 Å². The van der Waals surface area contributed by atoms with Gasteiger partial charge in [0.1, 0.15) is 13.2 Å². The number of hydrogen-bond acceptors (Lipinski definition) is 7. The van der Waals surface area contributed by atoms with Crippen molar-refractivity contribution in [1.29, 1.82) is 0 Å². The van der Waals surface area contributed by atoms with Crippen molar-refractivity contribution in [1.82, 2.24) is 15.5 Å². The monoisotopic (exact) mass is 369 g/mol. The van der Waals surface area contributed by atoms with Gasteiger partial charge in [0.2, 0.25) is 17.6 Å². The molecule has 1 unspecified atom stereocenters. The molecule has 1 N–H and O–H groups in total. The van der Waals surface area contributed by atoms with Gasteiger partial charge in [0.05, 0.1) is 12.3 Å². The number of carbonyl (C=O) groups excluding carboxylic acids is 1. The van der Waals surface area contributed by atoms with Crippen molar-refractivity contribution in [3.8, 4) is 23.1 Å². The van der Waals surface area contributed by atoms with Gasteiger partial charge in [-0.05, 0) is 36.8 Å². The highest BCUT2D eigenvalue weighted by Gasteiger charge is 2.17. The third kappa shape index (κ3) is 3.94. The Kier molecular flexibility index (Phi) is 4.78. The summed E-state index contributed by atoms with van der Waals surface area (Å²) in [5, 5.41) is 6.81. The molecule has 8 nitrogen and oxygen atoms in total. The van der Waals surface area contributed by atoms with E-state index in [-0.39, 0.29) is 18.4 Å². The highest BCUT2D eigenvalue weighted by atomic mass is 16.6. The van der Waals surface area contributed by atoms with E-state index in [0.29, 0.717) is 42.9 Å². The Labute approximate surface area is 155 Å². The second-order valence-electron chi connectivity index (χ2n) is 6.18. The van der Waals surface area contributed by atoms with E-state index in [1.165, 1.54) is 6.26 Å². The maximum absolute atomic E-state index is 12.2. The van der Waals surface area contributed by atoms with Gasteiger partial charge in [-0.3, -0.25) is 4.79 Å². The topological polar surface area (TPSA) is 99.6 Å². The van der Waals surface area contributed by atoms with Gasteiger partial charge in [-0.2, -0.15) is 4.98 Å². The second-order valence-corrected chi connectivity index (χ2v) is 6.18. The number of fused-ring (bicyclic) bond motifs is 1. The lowest BCUT2D eigenvalue weighted by atomic mass is 10.1. The number of benzene rings is 1. The standard InChI is InChI=1S/C19H19N3O5/c1-12(13-4-5-14-16(11-13)26-10-9-25-14)20-17(23)6-7-18-21-19(22-27-18)15-3-2-8-24-15/h2-5,8,11-12H,6-7,9-10H2,1H3,(H,20,23). The zero-order chi connectivity index (χ0) is 18.6. The Bertz CT molecular complexity index is 919. The molecule has 140 valence electrons. The largest absolute Gasteiger partial charge is 0.486 e. The van der Waals surface area contributed by atoms with Crippen LogP contribution in [0.2, 0.25) is 0 Å². The fourth-order valence-electron chi connectivity index (χ4n) is 2.81. The zero-order valence-electron chi connectivity index (χ0n) is 14.8. The van der Waals surface area contributed by atoms with Crippen molar-refractivity contribution >= 4 is 5.91 Å². The quantitative estimate of drug-likeness (QED) is 0.713. The molecule has 1 amide bonds. The van der Waals surface area contributed by atoms with Crippen LogP contribution in [-0.2, 0) is 11.2 Å². The van der Waals surface area contributed by atoms with Gasteiger partial charge in [-0.25, -0.2) is 0 Å². The lowest BCUT2D eigenvalue weighted by Gasteiger charge is -2.21. The number of nitrogens with zero attached hydrogens (tertiary/aromatic N) is 2. The molecule has 8 heteroatoms. The molecule has 1 aromatic carbocycles. The van der Waals surface area contributed by atoms with Crippen molar-refractivity contribution in [2.75, 3.05) is 13.2 Å². The number of hydrogen-bond donors (Lipinski definition) is 1. The van der Waals surface area contributed by atoms with Crippen LogP contribution in [0.4, 0.5) is 0 Å². The third-order valence-corrected chi connectivity index (χ3v) is 4.22. The fraction of sp³-hybridized carbons (Fsp3) is 0.316. The molecule has 4 rings (SSSR count). The molecule has 0 spiro atoms. The Morgan fingerprint density at radius 1 is 1.22 bits per heavy atom. The molecule has 2 aromatic heterocycles. The first kappa shape index (κ1) is 17.1. The van der Waals surface area contributed by atoms with E-state index in [1.54, 1.807) is 12.1 Å². The summed E-state index contributed by atoms with van der Waals surface area (Å²) in [6, 6.07) is 9.02. The van der Waals surface area contributed by atoms with Gasteiger partial charge in [0.25, 0.3) is 0 Å². The minimum Gasteiger partial charge on any atom is -0.486 e. The van der Waals surface area contributed by atoms with E-state index < -0.39 is 0 Å². The van der Waals surface area contributed by atoms with Crippen LogP contribution < -0.4 is 14.8 Å². The first-order valence-corrected chi connectivity index (χ1v) is 8.74. The SMILES string of the molecule is CC(NC(=O)CCc1nc(-c2ccco2)no1)c1ccc2c(c1)OCCO2. The molecule has 1 atom stereocenters. The molecule has 0 saturated heterocycles. The fourth-order valence-corrected chi connectivity index (χ4v) is 2.81. The second kappa shape index (κ2) is 7.53. The summed E-state index contributed by atoms with van der Waals surface area (Å²) in [6.07, 6.45) is 2.14. The number of aryl methyl sites for hydroxylation is 1. The van der Waals surface area contributed by atoms with Gasteiger partial charge in [0.15, 0.2) is 17.3 Å². The molecule has 0 saturated carbocycles. The van der Waals surface area contributed by atoms with Crippen molar-refractivity contribution in [2.45, 2.75) is 25.8 Å². The third-order valence-electron chi connectivity index (χ3n) is 4.22. The zero-order valence-corrected chi connectivity index (χ0v) is 14.8. The number of ether oxygens (including phenoxy) is 2. The Hall–Kier alpha value is -3.29. The van der Waals surface area contributed by atoms with Gasteiger partial charge >= 0.3 is 0 Å². The van der Waals surface area contributed by atoms with Crippen LogP contribution in [0.5, 0.6) is 11.5 Å². The first-order valence-electron chi connectivity index (χ1n) is 8.74. The molecule has 0 fully saturated rings. The van der Waals surface area contributed by atoms with E-state index in [2.05, 4.69) is 15.5 Å². The molecule has 27 heavy (non-hydrogen) atoms. The van der Waals surface area contributed by atoms with E-state index >= 15 is 0 Å². The number of furan rings is 1. The highest BCUT2D eigenvalue weighted by Crippen LogP contribution is 2.32. The van der Waals surface area contributed by atoms with Crippen LogP contribution in [-0.4, -0.2) is 29.3 Å². The van der Waals surface area contributed by atoms with Gasteiger partial charge in [-0.15, -0.1) is 0 Å². The number of amides is 1. The van der Waals surface area contributed by atoms with Crippen LogP contribution in [0.1, 0.15) is 30.8 Å². The van der Waals surface area contributed by atoms with E-state index in [0.717, 1.165) is 11.3 Å². The summed E-state index contributed by atoms with van der Waals surface area (Å²) in [5.74, 6) is 2.63. The number of nitrogens with one attached hydrogen (secondary N) is 1. The Morgan fingerprint density at radius 2 is 2.07 bits per heavy atom. The molecule has 0 bridgehead atoms. The average Bonchev–Trinajstić information content (AvgIpc) is 3.37. The van der Waals surface area contributed by atoms with Crippen molar-refractivity contribution in [3.05, 3.63) is 48.0 Å². The Morgan fingerprint density at radius 3 is 2.89 bits per heavy atom. The summed E-state index contributed by atoms with van der Waals surface area (Å²) in [4.78, 5) is 16.5. The van der Waals surface area contributed by atoms with E-state index in [4.69, 9.17) is 18.4 Å². The lowest BCUT2D eigenvalue weighted by molar-refractivity contribution is -0.121. The van der Waals surface area contributed by atoms with Crippen molar-refractivity contribution in [2.24, 2.45) is 0 Å². The van der Waals surface area contributed by atoms with Crippen LogP contribution in [0.15, 0.2) is 45.5 Å². The number of rotatable bonds is 6. The van der Waals surface area contributed by atoms with Crippen molar-refractivity contribution < 1.29 is 23.2 Å². The smallest absolute Gasteiger partial charge is 0.238 e. The Balaban J connectivity index is 1.31. The van der Waals surface area contributed by atoms with Crippen molar-refractivity contribution in [3.63, 3.8) is 0 Å². The summed E-state index contributed by atoms with van der Waals surface area (Å²) >= 11 is 0. The molecule has 1 aliphatic rings. The number of carbonyl (C=O) groups is 1. The van der Waals surface area contributed by atoms with E-state index in [9.17, 15) is 4.79 Å². The molecule has 3 aromatic rings. The normalized spacial score (nSPS) is 14.0. The van der Waals surface area contributed by atoms with Crippen LogP contribution in [0, 0.1) is 0 Å². The summed E-state index contributed by atoms with van der Waals surface area (Å²) < 4.78 is 21.5. The van der Waals surface area contributed by atoms with Crippen LogP contribution in [0.25, 0.3) is 11.6 Å². The van der Waals surface area contributed by atoms with Crippen LogP contribution in [0.3, 0.4) is 0 Å². The maximum atomic E-state index is 12.2. The minimum absolute atomic E-state index is 0.102. The van der Waals surface area contributed by atoms with E-state index in [1.807, 2.05) is 25.1 Å². The maximum Gasteiger partial charge on any atom is 0.238 e. The van der Waals surface area contributed by atoms with Crippen LogP contribution >= 0.6 is 0 Å². The van der Waals surface area contributed by atoms with Gasteiger partial charge < -0.3 is 23.7 Å². The minimum atomic E-state index is -0.158.